The van der Waals surface area contributed by atoms with Gasteiger partial charge in [-0.3, -0.25) is 19.7 Å². The summed E-state index contributed by atoms with van der Waals surface area (Å²) in [6, 6.07) is 4.28. The molecule has 8 heteroatoms. The van der Waals surface area contributed by atoms with E-state index in [1.165, 1.54) is 41.8 Å². The van der Waals surface area contributed by atoms with Crippen molar-refractivity contribution in [1.29, 1.82) is 0 Å². The maximum atomic E-state index is 12.1. The largest absolute Gasteiger partial charge is 0.399 e. The maximum Gasteiger partial charge on any atom is 0.295 e. The Balaban J connectivity index is 2.21. The quantitative estimate of drug-likeness (QED) is 0.516. The Morgan fingerprint density at radius 1 is 1.57 bits per heavy atom. The number of nitro groups is 1. The first-order valence-corrected chi connectivity index (χ1v) is 7.34. The molecule has 1 heterocycles. The Morgan fingerprint density at radius 2 is 2.29 bits per heavy atom. The standard InChI is InChI=1S/C13H15N3O4S/c1-8(17)21-7-9-4-13(18)15(6-9)11-3-2-10(14)5-12(11)16(19)20/h2-3,5,9H,4,6-7,14H2,1H3. The van der Waals surface area contributed by atoms with E-state index in [4.69, 9.17) is 5.73 Å². The Morgan fingerprint density at radius 3 is 2.90 bits per heavy atom. The van der Waals surface area contributed by atoms with Gasteiger partial charge in [0.05, 0.1) is 4.92 Å². The van der Waals surface area contributed by atoms with E-state index in [2.05, 4.69) is 0 Å². The van der Waals surface area contributed by atoms with Crippen molar-refractivity contribution < 1.29 is 14.5 Å². The summed E-state index contributed by atoms with van der Waals surface area (Å²) in [6.45, 7) is 1.86. The minimum atomic E-state index is -0.545. The molecule has 1 saturated heterocycles. The number of thioether (sulfide) groups is 1. The topological polar surface area (TPSA) is 107 Å². The van der Waals surface area contributed by atoms with Crippen LogP contribution in [0.1, 0.15) is 13.3 Å². The van der Waals surface area contributed by atoms with Crippen LogP contribution in [0.25, 0.3) is 0 Å². The van der Waals surface area contributed by atoms with Gasteiger partial charge in [0.2, 0.25) is 5.91 Å². The van der Waals surface area contributed by atoms with E-state index in [0.29, 0.717) is 18.7 Å². The third kappa shape index (κ3) is 3.52. The molecule has 2 N–H and O–H groups in total. The molecule has 0 aromatic heterocycles. The molecule has 1 aromatic carbocycles. The molecule has 2 rings (SSSR count). The van der Waals surface area contributed by atoms with Crippen LogP contribution in [0.3, 0.4) is 0 Å². The van der Waals surface area contributed by atoms with E-state index in [1.807, 2.05) is 0 Å². The molecular weight excluding hydrogens is 294 g/mol. The number of amides is 1. The van der Waals surface area contributed by atoms with Gasteiger partial charge in [0.15, 0.2) is 5.12 Å². The lowest BCUT2D eigenvalue weighted by Gasteiger charge is -2.16. The summed E-state index contributed by atoms with van der Waals surface area (Å²) in [5.74, 6) is 0.390. The third-order valence-corrected chi connectivity index (χ3v) is 4.26. The Kier molecular flexibility index (Phi) is 4.46. The van der Waals surface area contributed by atoms with Crippen LogP contribution in [0.15, 0.2) is 18.2 Å². The normalized spacial score (nSPS) is 18.0. The van der Waals surface area contributed by atoms with Crippen molar-refractivity contribution in [3.63, 3.8) is 0 Å². The average Bonchev–Trinajstić information content (AvgIpc) is 2.77. The zero-order valence-corrected chi connectivity index (χ0v) is 12.3. The van der Waals surface area contributed by atoms with Gasteiger partial charge in [-0.15, -0.1) is 0 Å². The first-order valence-electron chi connectivity index (χ1n) is 6.36. The fraction of sp³-hybridized carbons (Fsp3) is 0.385. The molecular formula is C13H15N3O4S. The minimum absolute atomic E-state index is 0.000589. The van der Waals surface area contributed by atoms with E-state index in [-0.39, 0.29) is 34.0 Å². The monoisotopic (exact) mass is 309 g/mol. The fourth-order valence-electron chi connectivity index (χ4n) is 2.28. The number of nitrogens with zero attached hydrogens (tertiary/aromatic N) is 2. The van der Waals surface area contributed by atoms with Crippen LogP contribution in [0.2, 0.25) is 0 Å². The maximum absolute atomic E-state index is 12.1. The number of benzene rings is 1. The van der Waals surface area contributed by atoms with Crippen molar-refractivity contribution >= 4 is 39.8 Å². The number of nitrogens with two attached hydrogens (primary N) is 1. The van der Waals surface area contributed by atoms with Gasteiger partial charge in [-0.1, -0.05) is 11.8 Å². The highest BCUT2D eigenvalue weighted by molar-refractivity contribution is 8.13. The van der Waals surface area contributed by atoms with Crippen LogP contribution in [-0.4, -0.2) is 28.2 Å². The highest BCUT2D eigenvalue weighted by Gasteiger charge is 2.34. The lowest BCUT2D eigenvalue weighted by Crippen LogP contribution is -2.25. The average molecular weight is 309 g/mol. The van der Waals surface area contributed by atoms with Crippen LogP contribution < -0.4 is 10.6 Å². The molecule has 1 atom stereocenters. The van der Waals surface area contributed by atoms with Crippen molar-refractivity contribution in [2.45, 2.75) is 13.3 Å². The third-order valence-electron chi connectivity index (χ3n) is 3.21. The molecule has 0 radical (unpaired) electrons. The van der Waals surface area contributed by atoms with E-state index in [9.17, 15) is 19.7 Å². The highest BCUT2D eigenvalue weighted by atomic mass is 32.2. The van der Waals surface area contributed by atoms with E-state index in [1.54, 1.807) is 0 Å². The minimum Gasteiger partial charge on any atom is -0.399 e. The van der Waals surface area contributed by atoms with Crippen LogP contribution in [-0.2, 0) is 9.59 Å². The Bertz CT molecular complexity index is 605. The van der Waals surface area contributed by atoms with Crippen LogP contribution >= 0.6 is 11.8 Å². The second-order valence-corrected chi connectivity index (χ2v) is 6.08. The SMILES string of the molecule is CC(=O)SCC1CC(=O)N(c2ccc(N)cc2[N+](=O)[O-])C1. The summed E-state index contributed by atoms with van der Waals surface area (Å²) >= 11 is 1.17. The molecule has 0 aliphatic carbocycles. The molecule has 1 aromatic rings. The number of carbonyl (C=O) groups excluding carboxylic acids is 2. The molecule has 1 aliphatic rings. The summed E-state index contributed by atoms with van der Waals surface area (Å²) in [7, 11) is 0. The molecule has 0 bridgehead atoms. The van der Waals surface area contributed by atoms with Gasteiger partial charge in [0, 0.05) is 37.4 Å². The smallest absolute Gasteiger partial charge is 0.295 e. The summed E-state index contributed by atoms with van der Waals surface area (Å²) < 4.78 is 0. The molecule has 0 spiro atoms. The van der Waals surface area contributed by atoms with Crippen molar-refractivity contribution in [3.05, 3.63) is 28.3 Å². The number of carbonyl (C=O) groups is 2. The zero-order chi connectivity index (χ0) is 15.6. The second kappa shape index (κ2) is 6.13. The van der Waals surface area contributed by atoms with Crippen molar-refractivity contribution in [1.82, 2.24) is 0 Å². The second-order valence-electron chi connectivity index (χ2n) is 4.88. The van der Waals surface area contributed by atoms with E-state index >= 15 is 0 Å². The van der Waals surface area contributed by atoms with Gasteiger partial charge < -0.3 is 10.6 Å². The molecule has 112 valence electrons. The van der Waals surface area contributed by atoms with Crippen LogP contribution in [0, 0.1) is 16.0 Å². The Hall–Kier alpha value is -2.09. The van der Waals surface area contributed by atoms with E-state index in [0.717, 1.165) is 0 Å². The fourth-order valence-corrected chi connectivity index (χ4v) is 2.97. The molecule has 1 unspecified atom stereocenters. The first kappa shape index (κ1) is 15.3. The first-order chi connectivity index (χ1) is 9.88. The van der Waals surface area contributed by atoms with Crippen LogP contribution in [0.4, 0.5) is 17.1 Å². The number of rotatable bonds is 4. The Labute approximate surface area is 125 Å². The van der Waals surface area contributed by atoms with Crippen molar-refractivity contribution in [3.8, 4) is 0 Å². The predicted molar refractivity (Wildman–Crippen MR) is 81.1 cm³/mol. The van der Waals surface area contributed by atoms with Crippen molar-refractivity contribution in [2.75, 3.05) is 22.9 Å². The van der Waals surface area contributed by atoms with Gasteiger partial charge in [-0.2, -0.15) is 0 Å². The number of hydrogen-bond acceptors (Lipinski definition) is 6. The highest BCUT2D eigenvalue weighted by Crippen LogP contribution is 2.35. The van der Waals surface area contributed by atoms with Gasteiger partial charge in [-0.05, 0) is 18.1 Å². The van der Waals surface area contributed by atoms with Crippen LogP contribution in [0.5, 0.6) is 0 Å². The molecule has 1 fully saturated rings. The molecule has 1 aliphatic heterocycles. The number of anilines is 2. The summed E-state index contributed by atoms with van der Waals surface area (Å²) in [5, 5.41) is 11.1. The zero-order valence-electron chi connectivity index (χ0n) is 11.4. The van der Waals surface area contributed by atoms with Gasteiger partial charge in [0.25, 0.3) is 5.69 Å². The predicted octanol–water partition coefficient (Wildman–Crippen LogP) is 1.81. The molecule has 1 amide bonds. The molecule has 21 heavy (non-hydrogen) atoms. The summed E-state index contributed by atoms with van der Waals surface area (Å²) in [5.41, 5.74) is 5.92. The van der Waals surface area contributed by atoms with Gasteiger partial charge in [0.1, 0.15) is 5.69 Å². The summed E-state index contributed by atoms with van der Waals surface area (Å²) in [6.07, 6.45) is 0.293. The van der Waals surface area contributed by atoms with Gasteiger partial charge >= 0.3 is 0 Å². The van der Waals surface area contributed by atoms with Gasteiger partial charge in [-0.25, -0.2) is 0 Å². The lowest BCUT2D eigenvalue weighted by molar-refractivity contribution is -0.384. The number of nitrogen functional groups attached to an aromatic ring is 1. The number of hydrogen-bond donors (Lipinski definition) is 1. The molecule has 0 saturated carbocycles. The lowest BCUT2D eigenvalue weighted by atomic mass is 10.1. The molecule has 7 nitrogen and oxygen atoms in total. The van der Waals surface area contributed by atoms with Crippen molar-refractivity contribution in [2.24, 2.45) is 5.92 Å². The number of nitro benzene ring substituents is 1. The summed E-state index contributed by atoms with van der Waals surface area (Å²) in [4.78, 5) is 35.0. The van der Waals surface area contributed by atoms with E-state index < -0.39 is 4.92 Å².